The van der Waals surface area contributed by atoms with Crippen LogP contribution in [0.4, 0.5) is 0 Å². The molecule has 2 rings (SSSR count). The van der Waals surface area contributed by atoms with Gasteiger partial charge in [0.15, 0.2) is 0 Å². The maximum Gasteiger partial charge on any atom is 0.243 e. The van der Waals surface area contributed by atoms with Crippen LogP contribution in [0.3, 0.4) is 0 Å². The largest absolute Gasteiger partial charge is 0.243 e. The third-order valence-electron chi connectivity index (χ3n) is 2.99. The van der Waals surface area contributed by atoms with Crippen molar-refractivity contribution in [2.24, 2.45) is 0 Å². The quantitative estimate of drug-likeness (QED) is 0.836. The summed E-state index contributed by atoms with van der Waals surface area (Å²) < 4.78 is 27.2. The zero-order valence-electron chi connectivity index (χ0n) is 11.3. The average Bonchev–Trinajstić information content (AvgIpc) is 2.49. The Morgan fingerprint density at radius 3 is 2.48 bits per heavy atom. The van der Waals surface area contributed by atoms with Crippen molar-refractivity contribution in [1.29, 1.82) is 5.26 Å². The fraction of sp³-hybridized carbons (Fsp3) is 0.133. The number of nitrogens with zero attached hydrogens (tertiary/aromatic N) is 2. The molecule has 0 bridgehead atoms. The zero-order chi connectivity index (χ0) is 15.5. The van der Waals surface area contributed by atoms with Crippen LogP contribution in [-0.4, -0.2) is 19.8 Å². The van der Waals surface area contributed by atoms with Crippen molar-refractivity contribution >= 4 is 26.0 Å². The highest BCUT2D eigenvalue weighted by Crippen LogP contribution is 2.19. The molecule has 2 aromatic carbocycles. The van der Waals surface area contributed by atoms with Crippen LogP contribution >= 0.6 is 15.9 Å². The Bertz CT molecular complexity index is 780. The van der Waals surface area contributed by atoms with Crippen molar-refractivity contribution in [3.05, 3.63) is 64.1 Å². The fourth-order valence-corrected chi connectivity index (χ4v) is 3.31. The Morgan fingerprint density at radius 2 is 1.86 bits per heavy atom. The van der Waals surface area contributed by atoms with Crippen LogP contribution < -0.4 is 0 Å². The van der Waals surface area contributed by atoms with E-state index in [1.54, 1.807) is 12.1 Å². The highest BCUT2D eigenvalue weighted by molar-refractivity contribution is 9.10. The van der Waals surface area contributed by atoms with Crippen molar-refractivity contribution in [1.82, 2.24) is 4.31 Å². The van der Waals surface area contributed by atoms with Gasteiger partial charge < -0.3 is 0 Å². The van der Waals surface area contributed by atoms with E-state index in [1.165, 1.54) is 23.5 Å². The second kappa shape index (κ2) is 6.39. The average molecular weight is 365 g/mol. The van der Waals surface area contributed by atoms with Gasteiger partial charge in [-0.05, 0) is 35.9 Å². The van der Waals surface area contributed by atoms with Gasteiger partial charge in [0.1, 0.15) is 0 Å². The van der Waals surface area contributed by atoms with E-state index in [0.717, 1.165) is 10.0 Å². The van der Waals surface area contributed by atoms with Crippen molar-refractivity contribution < 1.29 is 8.42 Å². The summed E-state index contributed by atoms with van der Waals surface area (Å²) in [5, 5.41) is 8.86. The van der Waals surface area contributed by atoms with Crippen molar-refractivity contribution in [3.63, 3.8) is 0 Å². The molecule has 0 aliphatic carbocycles. The molecule has 0 N–H and O–H groups in total. The van der Waals surface area contributed by atoms with Gasteiger partial charge in [-0.2, -0.15) is 9.57 Å². The van der Waals surface area contributed by atoms with E-state index in [0.29, 0.717) is 5.56 Å². The smallest absolute Gasteiger partial charge is 0.207 e. The highest BCUT2D eigenvalue weighted by atomic mass is 79.9. The van der Waals surface area contributed by atoms with Crippen molar-refractivity contribution in [2.75, 3.05) is 7.05 Å². The maximum atomic E-state index is 12.5. The molecular weight excluding hydrogens is 352 g/mol. The van der Waals surface area contributed by atoms with Gasteiger partial charge in [-0.1, -0.05) is 34.1 Å². The van der Waals surface area contributed by atoms with Gasteiger partial charge in [0, 0.05) is 18.1 Å². The van der Waals surface area contributed by atoms with Crippen LogP contribution in [0, 0.1) is 11.3 Å². The highest BCUT2D eigenvalue weighted by Gasteiger charge is 2.21. The summed E-state index contributed by atoms with van der Waals surface area (Å²) in [7, 11) is -2.09. The van der Waals surface area contributed by atoms with Crippen LogP contribution in [-0.2, 0) is 16.6 Å². The van der Waals surface area contributed by atoms with Crippen molar-refractivity contribution in [2.45, 2.75) is 11.4 Å². The first-order valence-corrected chi connectivity index (χ1v) is 8.38. The van der Waals surface area contributed by atoms with Gasteiger partial charge in [-0.3, -0.25) is 0 Å². The molecule has 0 fully saturated rings. The van der Waals surface area contributed by atoms with E-state index in [4.69, 9.17) is 5.26 Å². The van der Waals surface area contributed by atoms with Crippen LogP contribution in [0.5, 0.6) is 0 Å². The molecule has 0 aliphatic rings. The Labute approximate surface area is 132 Å². The van der Waals surface area contributed by atoms with Gasteiger partial charge >= 0.3 is 0 Å². The third-order valence-corrected chi connectivity index (χ3v) is 5.32. The standard InChI is InChI=1S/C15H13BrN2O2S/c1-18(11-12-5-7-14(16)8-6-12)21(19,20)15-4-2-3-13(9-15)10-17/h2-9H,11H2,1H3. The predicted molar refractivity (Wildman–Crippen MR) is 84.0 cm³/mol. The topological polar surface area (TPSA) is 61.2 Å². The molecule has 6 heteroatoms. The van der Waals surface area contributed by atoms with E-state index in [2.05, 4.69) is 15.9 Å². The van der Waals surface area contributed by atoms with Gasteiger partial charge in [-0.25, -0.2) is 8.42 Å². The van der Waals surface area contributed by atoms with Gasteiger partial charge in [0.2, 0.25) is 10.0 Å². The first-order valence-electron chi connectivity index (χ1n) is 6.14. The van der Waals surface area contributed by atoms with Crippen LogP contribution in [0.15, 0.2) is 57.9 Å². The molecule has 108 valence electrons. The lowest BCUT2D eigenvalue weighted by Gasteiger charge is -2.17. The molecule has 2 aromatic rings. The minimum Gasteiger partial charge on any atom is -0.207 e. The number of sulfonamides is 1. The molecule has 0 radical (unpaired) electrons. The van der Waals surface area contributed by atoms with Gasteiger partial charge in [-0.15, -0.1) is 0 Å². The Kier molecular flexibility index (Phi) is 4.78. The number of hydrogen-bond donors (Lipinski definition) is 0. The van der Waals surface area contributed by atoms with Crippen LogP contribution in [0.25, 0.3) is 0 Å². The Balaban J connectivity index is 2.26. The molecule has 0 unspecified atom stereocenters. The molecule has 0 heterocycles. The summed E-state index contributed by atoms with van der Waals surface area (Å²) in [5.74, 6) is 0. The van der Waals surface area contributed by atoms with E-state index in [-0.39, 0.29) is 11.4 Å². The minimum atomic E-state index is -3.61. The second-order valence-corrected chi connectivity index (χ2v) is 7.49. The first kappa shape index (κ1) is 15.7. The summed E-state index contributed by atoms with van der Waals surface area (Å²) in [4.78, 5) is 0.126. The molecule has 0 saturated heterocycles. The molecular formula is C15H13BrN2O2S. The lowest BCUT2D eigenvalue weighted by atomic mass is 10.2. The molecule has 21 heavy (non-hydrogen) atoms. The lowest BCUT2D eigenvalue weighted by Crippen LogP contribution is -2.26. The fourth-order valence-electron chi connectivity index (χ4n) is 1.84. The van der Waals surface area contributed by atoms with Gasteiger partial charge in [0.25, 0.3) is 0 Å². The number of rotatable bonds is 4. The summed E-state index contributed by atoms with van der Waals surface area (Å²) in [5.41, 5.74) is 1.22. The summed E-state index contributed by atoms with van der Waals surface area (Å²) in [6.07, 6.45) is 0. The van der Waals surface area contributed by atoms with E-state index >= 15 is 0 Å². The second-order valence-electron chi connectivity index (χ2n) is 4.53. The van der Waals surface area contributed by atoms with Crippen molar-refractivity contribution in [3.8, 4) is 6.07 Å². The molecule has 0 saturated carbocycles. The first-order chi connectivity index (χ1) is 9.93. The van der Waals surface area contributed by atoms with Crippen LogP contribution in [0.2, 0.25) is 0 Å². The Hall–Kier alpha value is -1.68. The molecule has 0 aromatic heterocycles. The molecule has 0 spiro atoms. The number of halogens is 1. The normalized spacial score (nSPS) is 11.3. The Morgan fingerprint density at radius 1 is 1.19 bits per heavy atom. The molecule has 0 aliphatic heterocycles. The van der Waals surface area contributed by atoms with E-state index in [9.17, 15) is 8.42 Å². The third kappa shape index (κ3) is 3.70. The minimum absolute atomic E-state index is 0.126. The summed E-state index contributed by atoms with van der Waals surface area (Å²) in [6, 6.07) is 15.4. The lowest BCUT2D eigenvalue weighted by molar-refractivity contribution is 0.466. The molecule has 0 atom stereocenters. The van der Waals surface area contributed by atoms with E-state index in [1.807, 2.05) is 30.3 Å². The summed E-state index contributed by atoms with van der Waals surface area (Å²) in [6.45, 7) is 0.270. The number of nitriles is 1. The SMILES string of the molecule is CN(Cc1ccc(Br)cc1)S(=O)(=O)c1cccc(C#N)c1. The zero-order valence-corrected chi connectivity index (χ0v) is 13.7. The van der Waals surface area contributed by atoms with E-state index < -0.39 is 10.0 Å². The number of hydrogen-bond acceptors (Lipinski definition) is 3. The maximum absolute atomic E-state index is 12.5. The predicted octanol–water partition coefficient (Wildman–Crippen LogP) is 3.14. The van der Waals surface area contributed by atoms with Gasteiger partial charge in [0.05, 0.1) is 16.5 Å². The monoisotopic (exact) mass is 364 g/mol. The number of benzene rings is 2. The summed E-state index contributed by atoms with van der Waals surface area (Å²) >= 11 is 3.34. The van der Waals surface area contributed by atoms with Crippen LogP contribution in [0.1, 0.15) is 11.1 Å². The molecule has 0 amide bonds. The molecule has 4 nitrogen and oxygen atoms in total.